The first-order valence-corrected chi connectivity index (χ1v) is 8.92. The zero-order valence-electron chi connectivity index (χ0n) is 13.5. The molecule has 1 saturated carbocycles. The molecule has 5 heteroatoms. The van der Waals surface area contributed by atoms with E-state index in [0.29, 0.717) is 45.1 Å². The highest BCUT2D eigenvalue weighted by Crippen LogP contribution is 2.27. The fraction of sp³-hybridized carbons (Fsp3) is 0.882. The van der Waals surface area contributed by atoms with Gasteiger partial charge in [0.25, 0.3) is 5.91 Å². The van der Waals surface area contributed by atoms with E-state index in [1.165, 1.54) is 32.1 Å². The molecule has 3 aliphatic rings. The van der Waals surface area contributed by atoms with Crippen LogP contribution in [0.25, 0.3) is 0 Å². The van der Waals surface area contributed by atoms with Crippen LogP contribution in [0.2, 0.25) is 0 Å². The number of carbonyl (C=O) groups excluding carboxylic acids is 2. The second kappa shape index (κ2) is 7.44. The molecule has 22 heavy (non-hydrogen) atoms. The number of rotatable bonds is 3. The molecule has 0 radical (unpaired) electrons. The lowest BCUT2D eigenvalue weighted by Crippen LogP contribution is -2.53. The number of piperazine rings is 1. The zero-order valence-corrected chi connectivity index (χ0v) is 13.5. The van der Waals surface area contributed by atoms with Crippen LogP contribution in [0, 0.1) is 5.92 Å². The van der Waals surface area contributed by atoms with E-state index >= 15 is 0 Å². The molecule has 0 N–H and O–H groups in total. The number of nitrogens with zero attached hydrogens (tertiary/aromatic N) is 2. The Morgan fingerprint density at radius 2 is 1.55 bits per heavy atom. The summed E-state index contributed by atoms with van der Waals surface area (Å²) in [7, 11) is 0. The molecule has 0 unspecified atom stereocenters. The van der Waals surface area contributed by atoms with E-state index in [1.54, 1.807) is 0 Å². The lowest BCUT2D eigenvalue weighted by Gasteiger charge is -2.36. The minimum Gasteiger partial charge on any atom is -0.368 e. The first-order valence-electron chi connectivity index (χ1n) is 8.92. The molecule has 0 aromatic heterocycles. The van der Waals surface area contributed by atoms with Crippen molar-refractivity contribution in [3.05, 3.63) is 0 Å². The highest BCUT2D eigenvalue weighted by atomic mass is 16.5. The maximum atomic E-state index is 12.4. The number of amides is 2. The van der Waals surface area contributed by atoms with Gasteiger partial charge in [0.05, 0.1) is 0 Å². The smallest absolute Gasteiger partial charge is 0.251 e. The third kappa shape index (κ3) is 3.80. The molecule has 1 atom stereocenters. The van der Waals surface area contributed by atoms with E-state index < -0.39 is 0 Å². The van der Waals surface area contributed by atoms with Crippen LogP contribution >= 0.6 is 0 Å². The minimum absolute atomic E-state index is 0.122. The Balaban J connectivity index is 1.42. The van der Waals surface area contributed by atoms with Gasteiger partial charge in [0.2, 0.25) is 5.91 Å². The largest absolute Gasteiger partial charge is 0.368 e. The minimum atomic E-state index is -0.232. The van der Waals surface area contributed by atoms with E-state index in [2.05, 4.69) is 0 Å². The number of hydrogen-bond donors (Lipinski definition) is 0. The molecule has 0 bridgehead atoms. The molecular formula is C17H28N2O3. The van der Waals surface area contributed by atoms with Crippen LogP contribution in [0.4, 0.5) is 0 Å². The summed E-state index contributed by atoms with van der Waals surface area (Å²) in [5, 5.41) is 0. The van der Waals surface area contributed by atoms with Crippen molar-refractivity contribution in [1.29, 1.82) is 0 Å². The third-order valence-corrected chi connectivity index (χ3v) is 5.34. The molecule has 2 heterocycles. The van der Waals surface area contributed by atoms with Gasteiger partial charge in [0, 0.05) is 39.2 Å². The van der Waals surface area contributed by atoms with Crippen molar-refractivity contribution < 1.29 is 14.3 Å². The molecule has 3 rings (SSSR count). The Morgan fingerprint density at radius 3 is 2.18 bits per heavy atom. The summed E-state index contributed by atoms with van der Waals surface area (Å²) < 4.78 is 5.47. The molecule has 124 valence electrons. The highest BCUT2D eigenvalue weighted by molar-refractivity contribution is 5.82. The van der Waals surface area contributed by atoms with Crippen LogP contribution in [0.5, 0.6) is 0 Å². The number of ether oxygens (including phenoxy) is 1. The van der Waals surface area contributed by atoms with Gasteiger partial charge in [-0.3, -0.25) is 9.59 Å². The molecule has 5 nitrogen and oxygen atoms in total. The second-order valence-corrected chi connectivity index (χ2v) is 6.92. The fourth-order valence-electron chi connectivity index (χ4n) is 3.92. The van der Waals surface area contributed by atoms with Crippen LogP contribution in [0.15, 0.2) is 0 Å². The first kappa shape index (κ1) is 15.8. The van der Waals surface area contributed by atoms with Crippen molar-refractivity contribution in [2.75, 3.05) is 32.8 Å². The molecule has 0 aromatic carbocycles. The summed E-state index contributed by atoms with van der Waals surface area (Å²) in [5.41, 5.74) is 0. The average Bonchev–Trinajstić information content (AvgIpc) is 3.10. The van der Waals surface area contributed by atoms with Gasteiger partial charge in [-0.25, -0.2) is 0 Å². The van der Waals surface area contributed by atoms with Gasteiger partial charge in [0.1, 0.15) is 6.10 Å². The van der Waals surface area contributed by atoms with E-state index in [4.69, 9.17) is 4.74 Å². The maximum Gasteiger partial charge on any atom is 0.251 e. The summed E-state index contributed by atoms with van der Waals surface area (Å²) in [4.78, 5) is 28.5. The van der Waals surface area contributed by atoms with Crippen molar-refractivity contribution in [3.8, 4) is 0 Å². The molecule has 1 aliphatic carbocycles. The van der Waals surface area contributed by atoms with E-state index in [-0.39, 0.29) is 17.9 Å². The quantitative estimate of drug-likeness (QED) is 0.799. The van der Waals surface area contributed by atoms with Crippen LogP contribution in [-0.2, 0) is 14.3 Å². The maximum absolute atomic E-state index is 12.4. The number of hydrogen-bond acceptors (Lipinski definition) is 3. The Kier molecular flexibility index (Phi) is 5.34. The molecule has 2 aliphatic heterocycles. The van der Waals surface area contributed by atoms with Crippen molar-refractivity contribution in [2.45, 2.75) is 57.5 Å². The Bertz CT molecular complexity index is 393. The highest BCUT2D eigenvalue weighted by Gasteiger charge is 2.31. The molecular weight excluding hydrogens is 280 g/mol. The predicted molar refractivity (Wildman–Crippen MR) is 83.3 cm³/mol. The van der Waals surface area contributed by atoms with Gasteiger partial charge in [-0.1, -0.05) is 19.3 Å². The zero-order chi connectivity index (χ0) is 15.4. The summed E-state index contributed by atoms with van der Waals surface area (Å²) >= 11 is 0. The second-order valence-electron chi connectivity index (χ2n) is 6.92. The summed E-state index contributed by atoms with van der Waals surface area (Å²) in [6.45, 7) is 3.40. The summed E-state index contributed by atoms with van der Waals surface area (Å²) in [6.07, 6.45) is 8.62. The van der Waals surface area contributed by atoms with E-state index in [0.717, 1.165) is 12.8 Å². The Hall–Kier alpha value is -1.10. The van der Waals surface area contributed by atoms with Gasteiger partial charge in [0.15, 0.2) is 0 Å². The Morgan fingerprint density at radius 1 is 0.864 bits per heavy atom. The molecule has 0 aromatic rings. The summed E-state index contributed by atoms with van der Waals surface area (Å²) in [6, 6.07) is 0. The van der Waals surface area contributed by atoms with Crippen LogP contribution in [-0.4, -0.2) is 60.5 Å². The molecule has 2 amide bonds. The van der Waals surface area contributed by atoms with Gasteiger partial charge in [-0.05, 0) is 31.6 Å². The Labute approximate surface area is 133 Å². The average molecular weight is 308 g/mol. The topological polar surface area (TPSA) is 49.9 Å². The third-order valence-electron chi connectivity index (χ3n) is 5.34. The van der Waals surface area contributed by atoms with Gasteiger partial charge in [-0.15, -0.1) is 0 Å². The van der Waals surface area contributed by atoms with E-state index in [9.17, 15) is 9.59 Å². The summed E-state index contributed by atoms with van der Waals surface area (Å²) in [5.74, 6) is 1.00. The van der Waals surface area contributed by atoms with Crippen LogP contribution in [0.3, 0.4) is 0 Å². The molecule has 2 saturated heterocycles. The van der Waals surface area contributed by atoms with Crippen LogP contribution in [0.1, 0.15) is 51.4 Å². The van der Waals surface area contributed by atoms with E-state index in [1.807, 2.05) is 9.80 Å². The SMILES string of the molecule is O=C(CC1CCCCC1)N1CCN(C(=O)[C@@H]2CCCO2)CC1. The van der Waals surface area contributed by atoms with Gasteiger partial charge in [-0.2, -0.15) is 0 Å². The van der Waals surface area contributed by atoms with Crippen molar-refractivity contribution in [1.82, 2.24) is 9.80 Å². The van der Waals surface area contributed by atoms with Gasteiger partial charge >= 0.3 is 0 Å². The first-order chi connectivity index (χ1) is 10.7. The van der Waals surface area contributed by atoms with Crippen LogP contribution < -0.4 is 0 Å². The van der Waals surface area contributed by atoms with Crippen molar-refractivity contribution in [3.63, 3.8) is 0 Å². The lowest BCUT2D eigenvalue weighted by molar-refractivity contribution is -0.146. The van der Waals surface area contributed by atoms with Crippen molar-refractivity contribution in [2.24, 2.45) is 5.92 Å². The standard InChI is InChI=1S/C17H28N2O3/c20-16(13-14-5-2-1-3-6-14)18-8-10-19(11-9-18)17(21)15-7-4-12-22-15/h14-15H,1-13H2/t15-/m0/s1. The lowest BCUT2D eigenvalue weighted by atomic mass is 9.86. The molecule has 3 fully saturated rings. The normalized spacial score (nSPS) is 27.2. The molecule has 0 spiro atoms. The number of carbonyl (C=O) groups is 2. The predicted octanol–water partition coefficient (Wildman–Crippen LogP) is 1.81. The fourth-order valence-corrected chi connectivity index (χ4v) is 3.92. The monoisotopic (exact) mass is 308 g/mol. The van der Waals surface area contributed by atoms with Crippen molar-refractivity contribution >= 4 is 11.8 Å². The van der Waals surface area contributed by atoms with Gasteiger partial charge < -0.3 is 14.5 Å².